The summed E-state index contributed by atoms with van der Waals surface area (Å²) in [5.74, 6) is 1.31. The number of carbonyl (C=O) groups is 1. The number of thioether (sulfide) groups is 1. The lowest BCUT2D eigenvalue weighted by atomic mass is 10.0. The van der Waals surface area contributed by atoms with Gasteiger partial charge in [0.05, 0.1) is 6.04 Å². The first-order valence-corrected chi connectivity index (χ1v) is 11.9. The standard InChI is InChI=1S/C26H25N5O2S/c1-17-13-14-21(18(2)15-17)27-25(32)24-23(19-9-5-3-6-10-19)30-31-22(28-29-26(31)34-24)16-33-20-11-7-4-8-12-20/h3-15,23-24,30H,16H2,1-2H3,(H,27,32)/t23-,24+/m1/s1. The minimum Gasteiger partial charge on any atom is -0.486 e. The number of hydrogen-bond donors (Lipinski definition) is 2. The molecule has 4 aromatic rings. The SMILES string of the molecule is Cc1ccc(NC(=O)[C@H]2Sc3nnc(COc4ccccc4)n3N[C@@H]2c2ccccc2)c(C)c1. The fourth-order valence-electron chi connectivity index (χ4n) is 3.93. The van der Waals surface area contributed by atoms with Gasteiger partial charge in [-0.1, -0.05) is 78.0 Å². The normalized spacial score (nSPS) is 16.9. The van der Waals surface area contributed by atoms with Crippen molar-refractivity contribution in [1.29, 1.82) is 0 Å². The lowest BCUT2D eigenvalue weighted by molar-refractivity contribution is -0.116. The Kier molecular flexibility index (Phi) is 6.22. The van der Waals surface area contributed by atoms with Crippen LogP contribution in [0.1, 0.15) is 28.6 Å². The van der Waals surface area contributed by atoms with E-state index in [2.05, 4.69) is 27.0 Å². The lowest BCUT2D eigenvalue weighted by Gasteiger charge is -2.33. The summed E-state index contributed by atoms with van der Waals surface area (Å²) in [5.41, 5.74) is 7.47. The Morgan fingerprint density at radius 2 is 1.76 bits per heavy atom. The molecule has 0 radical (unpaired) electrons. The molecule has 0 saturated carbocycles. The molecule has 172 valence electrons. The van der Waals surface area contributed by atoms with Crippen LogP contribution in [0.2, 0.25) is 0 Å². The topological polar surface area (TPSA) is 81.1 Å². The summed E-state index contributed by atoms with van der Waals surface area (Å²) in [6.07, 6.45) is 0. The van der Waals surface area contributed by atoms with E-state index in [4.69, 9.17) is 4.74 Å². The molecule has 0 bridgehead atoms. The molecule has 0 fully saturated rings. The molecule has 2 N–H and O–H groups in total. The van der Waals surface area contributed by atoms with Gasteiger partial charge >= 0.3 is 0 Å². The molecule has 5 rings (SSSR count). The third-order valence-electron chi connectivity index (χ3n) is 5.67. The Hall–Kier alpha value is -3.78. The lowest BCUT2D eigenvalue weighted by Crippen LogP contribution is -2.41. The molecule has 2 heterocycles. The number of aryl methyl sites for hydroxylation is 2. The Labute approximate surface area is 202 Å². The zero-order chi connectivity index (χ0) is 23.5. The number of benzene rings is 3. The van der Waals surface area contributed by atoms with Gasteiger partial charge in [0.15, 0.2) is 5.82 Å². The first-order valence-electron chi connectivity index (χ1n) is 11.1. The zero-order valence-electron chi connectivity index (χ0n) is 18.9. The van der Waals surface area contributed by atoms with Gasteiger partial charge in [-0.2, -0.15) is 0 Å². The molecule has 8 heteroatoms. The summed E-state index contributed by atoms with van der Waals surface area (Å²) in [6, 6.07) is 25.3. The number of aromatic nitrogens is 3. The second-order valence-electron chi connectivity index (χ2n) is 8.20. The van der Waals surface area contributed by atoms with Crippen LogP contribution in [-0.4, -0.2) is 26.0 Å². The maximum atomic E-state index is 13.5. The van der Waals surface area contributed by atoms with Crippen molar-refractivity contribution < 1.29 is 9.53 Å². The number of amides is 1. The summed E-state index contributed by atoms with van der Waals surface area (Å²) in [4.78, 5) is 13.5. The van der Waals surface area contributed by atoms with Gasteiger partial charge in [0.25, 0.3) is 0 Å². The van der Waals surface area contributed by atoms with Crippen LogP contribution in [0.3, 0.4) is 0 Å². The van der Waals surface area contributed by atoms with E-state index in [0.717, 1.165) is 28.1 Å². The van der Waals surface area contributed by atoms with Gasteiger partial charge in [0.2, 0.25) is 11.1 Å². The van der Waals surface area contributed by atoms with Crippen molar-refractivity contribution in [1.82, 2.24) is 14.9 Å². The highest BCUT2D eigenvalue weighted by Crippen LogP contribution is 2.37. The van der Waals surface area contributed by atoms with E-state index in [1.807, 2.05) is 91.3 Å². The van der Waals surface area contributed by atoms with E-state index >= 15 is 0 Å². The predicted molar refractivity (Wildman–Crippen MR) is 134 cm³/mol. The fraction of sp³-hybridized carbons (Fsp3) is 0.192. The average Bonchev–Trinajstić information content (AvgIpc) is 3.27. The van der Waals surface area contributed by atoms with E-state index in [1.165, 1.54) is 11.8 Å². The van der Waals surface area contributed by atoms with Crippen LogP contribution < -0.4 is 15.5 Å². The van der Waals surface area contributed by atoms with Crippen molar-refractivity contribution in [3.63, 3.8) is 0 Å². The first-order chi connectivity index (χ1) is 16.6. The number of ether oxygens (including phenoxy) is 1. The average molecular weight is 472 g/mol. The molecule has 1 aromatic heterocycles. The number of nitrogens with one attached hydrogen (secondary N) is 2. The van der Waals surface area contributed by atoms with Gasteiger partial charge in [-0.3, -0.25) is 4.79 Å². The van der Waals surface area contributed by atoms with E-state index in [1.54, 1.807) is 0 Å². The molecule has 0 unspecified atom stereocenters. The summed E-state index contributed by atoms with van der Waals surface area (Å²) in [7, 11) is 0. The number of fused-ring (bicyclic) bond motifs is 1. The zero-order valence-corrected chi connectivity index (χ0v) is 19.8. The molecular weight excluding hydrogens is 446 g/mol. The van der Waals surface area contributed by atoms with E-state index in [-0.39, 0.29) is 18.6 Å². The number of para-hydroxylation sites is 1. The third-order valence-corrected chi connectivity index (χ3v) is 6.89. The number of carbonyl (C=O) groups excluding carboxylic acids is 1. The molecule has 7 nitrogen and oxygen atoms in total. The van der Waals surface area contributed by atoms with Gasteiger partial charge in [0, 0.05) is 5.69 Å². The van der Waals surface area contributed by atoms with Gasteiger partial charge in [-0.25, -0.2) is 4.68 Å². The quantitative estimate of drug-likeness (QED) is 0.418. The van der Waals surface area contributed by atoms with Gasteiger partial charge in [-0.15, -0.1) is 10.2 Å². The highest BCUT2D eigenvalue weighted by molar-refractivity contribution is 8.00. The largest absolute Gasteiger partial charge is 0.486 e. The van der Waals surface area contributed by atoms with Crippen LogP contribution >= 0.6 is 11.8 Å². The van der Waals surface area contributed by atoms with Crippen LogP contribution in [0.4, 0.5) is 5.69 Å². The Bertz CT molecular complexity index is 1290. The molecule has 1 amide bonds. The third kappa shape index (κ3) is 4.63. The second kappa shape index (κ2) is 9.61. The minimum atomic E-state index is -0.442. The smallest absolute Gasteiger partial charge is 0.240 e. The molecular formula is C26H25N5O2S. The molecule has 0 saturated heterocycles. The van der Waals surface area contributed by atoms with Crippen molar-refractivity contribution in [3.8, 4) is 5.75 Å². The molecule has 1 aliphatic heterocycles. The van der Waals surface area contributed by atoms with Crippen molar-refractivity contribution in [3.05, 3.63) is 101 Å². The number of rotatable bonds is 6. The second-order valence-corrected chi connectivity index (χ2v) is 9.31. The van der Waals surface area contributed by atoms with Crippen molar-refractivity contribution in [2.45, 2.75) is 36.9 Å². The Morgan fingerprint density at radius 3 is 2.50 bits per heavy atom. The Balaban J connectivity index is 1.41. The number of nitrogens with zero attached hydrogens (tertiary/aromatic N) is 3. The minimum absolute atomic E-state index is 0.0883. The van der Waals surface area contributed by atoms with Crippen LogP contribution in [0.25, 0.3) is 0 Å². The summed E-state index contributed by atoms with van der Waals surface area (Å²) < 4.78 is 7.71. The van der Waals surface area contributed by atoms with E-state index < -0.39 is 5.25 Å². The van der Waals surface area contributed by atoms with Crippen molar-refractivity contribution >= 4 is 23.4 Å². The summed E-state index contributed by atoms with van der Waals surface area (Å²) in [6.45, 7) is 4.29. The summed E-state index contributed by atoms with van der Waals surface area (Å²) in [5, 5.41) is 11.9. The van der Waals surface area contributed by atoms with Gasteiger partial charge in [-0.05, 0) is 43.2 Å². The maximum Gasteiger partial charge on any atom is 0.240 e. The van der Waals surface area contributed by atoms with Crippen molar-refractivity contribution in [2.24, 2.45) is 0 Å². The molecule has 34 heavy (non-hydrogen) atoms. The van der Waals surface area contributed by atoms with Gasteiger partial charge < -0.3 is 15.5 Å². The van der Waals surface area contributed by atoms with Crippen LogP contribution in [-0.2, 0) is 11.4 Å². The van der Waals surface area contributed by atoms with Gasteiger partial charge in [0.1, 0.15) is 17.6 Å². The molecule has 0 aliphatic carbocycles. The maximum absolute atomic E-state index is 13.5. The molecule has 0 spiro atoms. The monoisotopic (exact) mass is 471 g/mol. The number of anilines is 1. The first kappa shape index (κ1) is 22.0. The van der Waals surface area contributed by atoms with Crippen LogP contribution in [0, 0.1) is 13.8 Å². The van der Waals surface area contributed by atoms with E-state index in [9.17, 15) is 4.79 Å². The Morgan fingerprint density at radius 1 is 1.03 bits per heavy atom. The van der Waals surface area contributed by atoms with Crippen molar-refractivity contribution in [2.75, 3.05) is 10.7 Å². The predicted octanol–water partition coefficient (Wildman–Crippen LogP) is 4.87. The fourth-order valence-corrected chi connectivity index (χ4v) is 5.02. The molecule has 3 aromatic carbocycles. The highest BCUT2D eigenvalue weighted by atomic mass is 32.2. The highest BCUT2D eigenvalue weighted by Gasteiger charge is 2.38. The molecule has 2 atom stereocenters. The molecule has 1 aliphatic rings. The van der Waals surface area contributed by atoms with Crippen LogP contribution in [0.5, 0.6) is 5.75 Å². The number of hydrogen-bond acceptors (Lipinski definition) is 6. The van der Waals surface area contributed by atoms with Crippen LogP contribution in [0.15, 0.2) is 84.0 Å². The summed E-state index contributed by atoms with van der Waals surface area (Å²) >= 11 is 1.40. The van der Waals surface area contributed by atoms with E-state index in [0.29, 0.717) is 11.0 Å².